The number of hydrogen-bond acceptors (Lipinski definition) is 2. The minimum atomic E-state index is -0.760. The van der Waals surface area contributed by atoms with Gasteiger partial charge in [-0.25, -0.2) is 9.86 Å². The second kappa shape index (κ2) is 5.19. The number of benzene rings is 1. The number of nitrogens with two attached hydrogens (primary N) is 1. The first-order valence-electron chi connectivity index (χ1n) is 6.01. The molecule has 0 radical (unpaired) electrons. The molecule has 4 heteroatoms. The number of primary amides is 1. The first kappa shape index (κ1) is 11.9. The molecule has 0 bridgehead atoms. The summed E-state index contributed by atoms with van der Waals surface area (Å²) in [6, 6.07) is 9.31. The van der Waals surface area contributed by atoms with Crippen LogP contribution in [0.1, 0.15) is 37.2 Å². The third kappa shape index (κ3) is 2.77. The zero-order valence-corrected chi connectivity index (χ0v) is 9.75. The Morgan fingerprint density at radius 2 is 2.00 bits per heavy atom. The van der Waals surface area contributed by atoms with Gasteiger partial charge in [0.25, 0.3) is 0 Å². The summed E-state index contributed by atoms with van der Waals surface area (Å²) in [7, 11) is 0. The lowest BCUT2D eigenvalue weighted by Crippen LogP contribution is -2.43. The van der Waals surface area contributed by atoms with E-state index >= 15 is 0 Å². The highest BCUT2D eigenvalue weighted by Crippen LogP contribution is 2.34. The standard InChI is InChI=1S/C13H18N2O2/c14-13(16)15(17)12-8-4-7-11(9-12)10-5-2-1-3-6-10/h1-3,5-6,11-12,17H,4,7-9H2,(H2,14,16)/t11-,12-/m0/s1. The molecule has 0 aromatic heterocycles. The number of carbonyl (C=O) groups excluding carboxylic acids is 1. The van der Waals surface area contributed by atoms with Gasteiger partial charge >= 0.3 is 6.03 Å². The SMILES string of the molecule is NC(=O)N(O)[C@H]1CCC[C@H](c2ccccc2)C1. The molecule has 0 aliphatic heterocycles. The molecule has 4 nitrogen and oxygen atoms in total. The first-order valence-corrected chi connectivity index (χ1v) is 6.01. The molecule has 1 aliphatic carbocycles. The van der Waals surface area contributed by atoms with Gasteiger partial charge in [0.2, 0.25) is 0 Å². The summed E-state index contributed by atoms with van der Waals surface area (Å²) >= 11 is 0. The van der Waals surface area contributed by atoms with E-state index in [-0.39, 0.29) is 6.04 Å². The Bertz CT molecular complexity index is 380. The van der Waals surface area contributed by atoms with E-state index < -0.39 is 6.03 Å². The maximum atomic E-state index is 10.9. The van der Waals surface area contributed by atoms with E-state index in [9.17, 15) is 10.0 Å². The lowest BCUT2D eigenvalue weighted by Gasteiger charge is -2.33. The molecule has 3 N–H and O–H groups in total. The molecule has 1 saturated carbocycles. The van der Waals surface area contributed by atoms with Crippen molar-refractivity contribution in [3.63, 3.8) is 0 Å². The van der Waals surface area contributed by atoms with Crippen LogP contribution < -0.4 is 5.73 Å². The second-order valence-corrected chi connectivity index (χ2v) is 4.61. The predicted octanol–water partition coefficient (Wildman–Crippen LogP) is 2.48. The number of carbonyl (C=O) groups is 1. The van der Waals surface area contributed by atoms with Crippen molar-refractivity contribution >= 4 is 6.03 Å². The molecular weight excluding hydrogens is 216 g/mol. The highest BCUT2D eigenvalue weighted by Gasteiger charge is 2.28. The van der Waals surface area contributed by atoms with E-state index in [1.54, 1.807) is 0 Å². The Balaban J connectivity index is 2.05. The van der Waals surface area contributed by atoms with Gasteiger partial charge in [0.05, 0.1) is 6.04 Å². The summed E-state index contributed by atoms with van der Waals surface area (Å²) in [5.74, 6) is 0.406. The summed E-state index contributed by atoms with van der Waals surface area (Å²) in [6.07, 6.45) is 3.72. The van der Waals surface area contributed by atoms with Crippen molar-refractivity contribution in [1.82, 2.24) is 5.06 Å². The normalized spacial score (nSPS) is 24.3. The molecule has 0 spiro atoms. The monoisotopic (exact) mass is 234 g/mol. The second-order valence-electron chi connectivity index (χ2n) is 4.61. The third-order valence-corrected chi connectivity index (χ3v) is 3.49. The number of rotatable bonds is 2. The van der Waals surface area contributed by atoms with Gasteiger partial charge in [0, 0.05) is 0 Å². The van der Waals surface area contributed by atoms with Crippen LogP contribution in [0.4, 0.5) is 4.79 Å². The van der Waals surface area contributed by atoms with E-state index in [2.05, 4.69) is 12.1 Å². The molecule has 17 heavy (non-hydrogen) atoms. The van der Waals surface area contributed by atoms with Crippen LogP contribution in [0.5, 0.6) is 0 Å². The third-order valence-electron chi connectivity index (χ3n) is 3.49. The fraction of sp³-hybridized carbons (Fsp3) is 0.462. The summed E-state index contributed by atoms with van der Waals surface area (Å²) in [5, 5.41) is 10.3. The van der Waals surface area contributed by atoms with Crippen LogP contribution in [0.2, 0.25) is 0 Å². The molecule has 0 unspecified atom stereocenters. The fourth-order valence-electron chi connectivity index (χ4n) is 2.59. The molecule has 2 atom stereocenters. The number of amides is 2. The van der Waals surface area contributed by atoms with Gasteiger partial charge in [-0.15, -0.1) is 0 Å². The van der Waals surface area contributed by atoms with Crippen molar-refractivity contribution < 1.29 is 10.0 Å². The van der Waals surface area contributed by atoms with Gasteiger partial charge < -0.3 is 5.73 Å². The summed E-state index contributed by atoms with van der Waals surface area (Å²) in [4.78, 5) is 10.9. The number of nitrogens with zero attached hydrogens (tertiary/aromatic N) is 1. The Morgan fingerprint density at radius 1 is 1.29 bits per heavy atom. The molecular formula is C13H18N2O2. The van der Waals surface area contributed by atoms with Crippen LogP contribution in [0.3, 0.4) is 0 Å². The minimum Gasteiger partial charge on any atom is -0.350 e. The zero-order valence-electron chi connectivity index (χ0n) is 9.75. The Hall–Kier alpha value is -1.55. The molecule has 1 aromatic carbocycles. The van der Waals surface area contributed by atoms with Crippen molar-refractivity contribution in [3.8, 4) is 0 Å². The first-order chi connectivity index (χ1) is 8.18. The van der Waals surface area contributed by atoms with E-state index in [1.165, 1.54) is 5.56 Å². The molecule has 0 heterocycles. The van der Waals surface area contributed by atoms with Crippen molar-refractivity contribution in [3.05, 3.63) is 35.9 Å². The average molecular weight is 234 g/mol. The highest BCUT2D eigenvalue weighted by atomic mass is 16.5. The Labute approximate surface area is 101 Å². The van der Waals surface area contributed by atoms with Gasteiger partial charge in [-0.2, -0.15) is 0 Å². The van der Waals surface area contributed by atoms with Gasteiger partial charge in [0.15, 0.2) is 0 Å². The molecule has 2 amide bonds. The highest BCUT2D eigenvalue weighted by molar-refractivity contribution is 5.70. The maximum Gasteiger partial charge on any atom is 0.338 e. The lowest BCUT2D eigenvalue weighted by atomic mass is 9.81. The average Bonchev–Trinajstić information content (AvgIpc) is 2.39. The molecule has 1 aromatic rings. The summed E-state index contributed by atoms with van der Waals surface area (Å²) < 4.78 is 0. The number of hydroxylamine groups is 2. The van der Waals surface area contributed by atoms with E-state index in [0.717, 1.165) is 25.7 Å². The molecule has 1 fully saturated rings. The van der Waals surface area contributed by atoms with Crippen molar-refractivity contribution in [2.45, 2.75) is 37.6 Å². The van der Waals surface area contributed by atoms with E-state index in [0.29, 0.717) is 11.0 Å². The maximum absolute atomic E-state index is 10.9. The largest absolute Gasteiger partial charge is 0.350 e. The molecule has 1 aliphatic rings. The molecule has 2 rings (SSSR count). The summed E-state index contributed by atoms with van der Waals surface area (Å²) in [5.41, 5.74) is 6.36. The quantitative estimate of drug-likeness (QED) is 0.609. The van der Waals surface area contributed by atoms with E-state index in [4.69, 9.17) is 5.73 Å². The van der Waals surface area contributed by atoms with Crippen molar-refractivity contribution in [1.29, 1.82) is 0 Å². The Kier molecular flexibility index (Phi) is 3.64. The van der Waals surface area contributed by atoms with Crippen LogP contribution >= 0.6 is 0 Å². The lowest BCUT2D eigenvalue weighted by molar-refractivity contribution is -0.0858. The van der Waals surface area contributed by atoms with Crippen molar-refractivity contribution in [2.24, 2.45) is 5.73 Å². The number of urea groups is 1. The van der Waals surface area contributed by atoms with Crippen LogP contribution in [0.15, 0.2) is 30.3 Å². The van der Waals surface area contributed by atoms with Gasteiger partial charge in [0.1, 0.15) is 0 Å². The van der Waals surface area contributed by atoms with Crippen LogP contribution in [0.25, 0.3) is 0 Å². The van der Waals surface area contributed by atoms with Crippen molar-refractivity contribution in [2.75, 3.05) is 0 Å². The van der Waals surface area contributed by atoms with E-state index in [1.807, 2.05) is 18.2 Å². The van der Waals surface area contributed by atoms with Crippen LogP contribution in [-0.2, 0) is 0 Å². The van der Waals surface area contributed by atoms with Crippen LogP contribution in [-0.4, -0.2) is 22.3 Å². The fourth-order valence-corrected chi connectivity index (χ4v) is 2.59. The molecule has 92 valence electrons. The smallest absolute Gasteiger partial charge is 0.338 e. The van der Waals surface area contributed by atoms with Crippen LogP contribution in [0, 0.1) is 0 Å². The van der Waals surface area contributed by atoms with Gasteiger partial charge in [-0.05, 0) is 30.7 Å². The van der Waals surface area contributed by atoms with Gasteiger partial charge in [-0.1, -0.05) is 36.8 Å². The van der Waals surface area contributed by atoms with Gasteiger partial charge in [-0.3, -0.25) is 5.21 Å². The topological polar surface area (TPSA) is 66.6 Å². The minimum absolute atomic E-state index is 0.147. The number of hydrogen-bond donors (Lipinski definition) is 2. The predicted molar refractivity (Wildman–Crippen MR) is 64.6 cm³/mol. The zero-order chi connectivity index (χ0) is 12.3. The Morgan fingerprint density at radius 3 is 2.65 bits per heavy atom. The summed E-state index contributed by atoms with van der Waals surface area (Å²) in [6.45, 7) is 0. The molecule has 0 saturated heterocycles.